The Hall–Kier alpha value is -1.68. The van der Waals surface area contributed by atoms with E-state index in [1.807, 2.05) is 16.8 Å². The molecule has 0 spiro atoms. The van der Waals surface area contributed by atoms with Gasteiger partial charge in [-0.2, -0.15) is 5.10 Å². The first kappa shape index (κ1) is 12.8. The molecule has 1 heterocycles. The Kier molecular flexibility index (Phi) is 4.10. The number of hydrogen-bond acceptors (Lipinski definition) is 3. The van der Waals surface area contributed by atoms with Crippen LogP contribution in [-0.2, 0) is 6.54 Å². The van der Waals surface area contributed by atoms with Crippen LogP contribution in [0.5, 0.6) is 0 Å². The summed E-state index contributed by atoms with van der Waals surface area (Å²) < 4.78 is 1.91. The van der Waals surface area contributed by atoms with Gasteiger partial charge in [0.15, 0.2) is 0 Å². The molecular weight excluding hydrogens is 224 g/mol. The van der Waals surface area contributed by atoms with E-state index in [4.69, 9.17) is 0 Å². The van der Waals surface area contributed by atoms with E-state index < -0.39 is 0 Å². The molecule has 0 radical (unpaired) electrons. The molecule has 1 aromatic heterocycles. The highest BCUT2D eigenvalue weighted by Gasteiger charge is 2.08. The molecule has 0 aliphatic carbocycles. The van der Waals surface area contributed by atoms with Crippen LogP contribution in [-0.4, -0.2) is 21.3 Å². The Labute approximate surface area is 108 Å². The molecule has 2 rings (SSSR count). The largest absolute Gasteiger partial charge is 0.310 e. The number of nitrogens with one attached hydrogen (secondary N) is 1. The molecule has 96 valence electrons. The zero-order valence-corrected chi connectivity index (χ0v) is 11.2. The van der Waals surface area contributed by atoms with Gasteiger partial charge in [-0.3, -0.25) is 0 Å². The summed E-state index contributed by atoms with van der Waals surface area (Å²) in [4.78, 5) is 4.32. The van der Waals surface area contributed by atoms with Crippen molar-refractivity contribution in [1.82, 2.24) is 20.1 Å². The van der Waals surface area contributed by atoms with Crippen molar-refractivity contribution in [3.05, 3.63) is 42.0 Å². The maximum atomic E-state index is 4.32. The first-order valence-electron chi connectivity index (χ1n) is 6.34. The molecular formula is C14H20N4. The number of benzene rings is 1. The number of nitrogens with zero attached hydrogens (tertiary/aromatic N) is 3. The van der Waals surface area contributed by atoms with Crippen LogP contribution in [0.3, 0.4) is 0 Å². The molecule has 0 saturated heterocycles. The lowest BCUT2D eigenvalue weighted by atomic mass is 10.2. The van der Waals surface area contributed by atoms with E-state index in [0.717, 1.165) is 24.6 Å². The maximum Gasteiger partial charge on any atom is 0.146 e. The number of aryl methyl sites for hydroxylation is 1. The van der Waals surface area contributed by atoms with E-state index in [1.165, 1.54) is 5.56 Å². The van der Waals surface area contributed by atoms with Gasteiger partial charge in [0.25, 0.3) is 0 Å². The normalized spacial score (nSPS) is 11.1. The number of rotatable bonds is 5. The van der Waals surface area contributed by atoms with Gasteiger partial charge in [0.1, 0.15) is 12.2 Å². The fourth-order valence-electron chi connectivity index (χ4n) is 1.86. The smallest absolute Gasteiger partial charge is 0.146 e. The lowest BCUT2D eigenvalue weighted by Gasteiger charge is -2.10. The van der Waals surface area contributed by atoms with Gasteiger partial charge >= 0.3 is 0 Å². The SMILES string of the molecule is Cc1ccccc1-n1ncnc1CNCC(C)C. The van der Waals surface area contributed by atoms with Gasteiger partial charge in [0, 0.05) is 0 Å². The summed E-state index contributed by atoms with van der Waals surface area (Å²) in [5.41, 5.74) is 2.30. The second-order valence-electron chi connectivity index (χ2n) is 4.90. The van der Waals surface area contributed by atoms with Gasteiger partial charge in [-0.15, -0.1) is 0 Å². The van der Waals surface area contributed by atoms with Gasteiger partial charge in [-0.1, -0.05) is 32.0 Å². The Bertz CT molecular complexity index is 502. The topological polar surface area (TPSA) is 42.7 Å². The van der Waals surface area contributed by atoms with Crippen molar-refractivity contribution in [3.63, 3.8) is 0 Å². The quantitative estimate of drug-likeness (QED) is 0.877. The summed E-state index contributed by atoms with van der Waals surface area (Å²) in [6.07, 6.45) is 1.61. The Balaban J connectivity index is 2.15. The molecule has 4 heteroatoms. The van der Waals surface area contributed by atoms with Crippen molar-refractivity contribution in [1.29, 1.82) is 0 Å². The third-order valence-electron chi connectivity index (χ3n) is 2.80. The van der Waals surface area contributed by atoms with Crippen LogP contribution in [0.15, 0.2) is 30.6 Å². The molecule has 1 N–H and O–H groups in total. The molecule has 4 nitrogen and oxygen atoms in total. The highest BCUT2D eigenvalue weighted by molar-refractivity contribution is 5.39. The van der Waals surface area contributed by atoms with Crippen molar-refractivity contribution in [2.75, 3.05) is 6.54 Å². The van der Waals surface area contributed by atoms with Gasteiger partial charge in [-0.25, -0.2) is 9.67 Å². The minimum absolute atomic E-state index is 0.639. The van der Waals surface area contributed by atoms with Crippen LogP contribution in [0, 0.1) is 12.8 Å². The van der Waals surface area contributed by atoms with E-state index in [0.29, 0.717) is 5.92 Å². The molecule has 18 heavy (non-hydrogen) atoms. The second-order valence-corrected chi connectivity index (χ2v) is 4.90. The van der Waals surface area contributed by atoms with Gasteiger partial charge in [0.2, 0.25) is 0 Å². The minimum Gasteiger partial charge on any atom is -0.310 e. The molecule has 0 fully saturated rings. The van der Waals surface area contributed by atoms with Crippen LogP contribution >= 0.6 is 0 Å². The van der Waals surface area contributed by atoms with Crippen molar-refractivity contribution in [2.45, 2.75) is 27.3 Å². The van der Waals surface area contributed by atoms with Crippen LogP contribution in [0.25, 0.3) is 5.69 Å². The average molecular weight is 244 g/mol. The Morgan fingerprint density at radius 3 is 2.78 bits per heavy atom. The van der Waals surface area contributed by atoms with E-state index in [2.05, 4.69) is 48.3 Å². The van der Waals surface area contributed by atoms with E-state index >= 15 is 0 Å². The lowest BCUT2D eigenvalue weighted by molar-refractivity contribution is 0.537. The molecule has 2 aromatic rings. The van der Waals surface area contributed by atoms with Crippen molar-refractivity contribution < 1.29 is 0 Å². The zero-order chi connectivity index (χ0) is 13.0. The van der Waals surface area contributed by atoms with Crippen molar-refractivity contribution >= 4 is 0 Å². The monoisotopic (exact) mass is 244 g/mol. The molecule has 0 aliphatic heterocycles. The van der Waals surface area contributed by atoms with Gasteiger partial charge in [0.05, 0.1) is 12.2 Å². The van der Waals surface area contributed by atoms with Crippen LogP contribution in [0.1, 0.15) is 25.2 Å². The second kappa shape index (κ2) is 5.78. The summed E-state index contributed by atoms with van der Waals surface area (Å²) in [5.74, 6) is 1.59. The predicted octanol–water partition coefficient (Wildman–Crippen LogP) is 2.32. The molecule has 0 bridgehead atoms. The van der Waals surface area contributed by atoms with Crippen LogP contribution < -0.4 is 5.32 Å². The highest BCUT2D eigenvalue weighted by Crippen LogP contribution is 2.13. The fraction of sp³-hybridized carbons (Fsp3) is 0.429. The Morgan fingerprint density at radius 2 is 2.06 bits per heavy atom. The molecule has 0 atom stereocenters. The number of hydrogen-bond donors (Lipinski definition) is 1. The molecule has 0 aliphatic rings. The predicted molar refractivity (Wildman–Crippen MR) is 72.6 cm³/mol. The third kappa shape index (κ3) is 2.96. The first-order chi connectivity index (χ1) is 8.68. The van der Waals surface area contributed by atoms with E-state index in [1.54, 1.807) is 6.33 Å². The lowest BCUT2D eigenvalue weighted by Crippen LogP contribution is -2.21. The summed E-state index contributed by atoms with van der Waals surface area (Å²) in [6, 6.07) is 8.21. The summed E-state index contributed by atoms with van der Waals surface area (Å²) in [5, 5.41) is 7.70. The molecule has 1 aromatic carbocycles. The highest BCUT2D eigenvalue weighted by atomic mass is 15.3. The number of aromatic nitrogens is 3. The molecule has 0 amide bonds. The van der Waals surface area contributed by atoms with E-state index in [-0.39, 0.29) is 0 Å². The Morgan fingerprint density at radius 1 is 1.28 bits per heavy atom. The van der Waals surface area contributed by atoms with Crippen molar-refractivity contribution in [3.8, 4) is 5.69 Å². The maximum absolute atomic E-state index is 4.32. The third-order valence-corrected chi connectivity index (χ3v) is 2.80. The molecule has 0 unspecified atom stereocenters. The van der Waals surface area contributed by atoms with Crippen molar-refractivity contribution in [2.24, 2.45) is 5.92 Å². The van der Waals surface area contributed by atoms with Gasteiger partial charge in [-0.05, 0) is 31.0 Å². The summed E-state index contributed by atoms with van der Waals surface area (Å²) in [6.45, 7) is 8.20. The zero-order valence-electron chi connectivity index (χ0n) is 11.2. The van der Waals surface area contributed by atoms with Crippen LogP contribution in [0.2, 0.25) is 0 Å². The standard InChI is InChI=1S/C14H20N4/c1-11(2)8-15-9-14-16-10-17-18(14)13-7-5-4-6-12(13)3/h4-7,10-11,15H,8-9H2,1-3H3. The van der Waals surface area contributed by atoms with Gasteiger partial charge < -0.3 is 5.32 Å². The molecule has 0 saturated carbocycles. The summed E-state index contributed by atoms with van der Waals surface area (Å²) in [7, 11) is 0. The minimum atomic E-state index is 0.639. The number of para-hydroxylation sites is 1. The van der Waals surface area contributed by atoms with E-state index in [9.17, 15) is 0 Å². The average Bonchev–Trinajstić information content (AvgIpc) is 2.77. The fourth-order valence-corrected chi connectivity index (χ4v) is 1.86. The van der Waals surface area contributed by atoms with Crippen LogP contribution in [0.4, 0.5) is 0 Å². The first-order valence-corrected chi connectivity index (χ1v) is 6.34. The summed E-state index contributed by atoms with van der Waals surface area (Å²) >= 11 is 0.